The number of halogens is 3. The summed E-state index contributed by atoms with van der Waals surface area (Å²) in [6.07, 6.45) is -1.73. The van der Waals surface area contributed by atoms with Gasteiger partial charge in [0.05, 0.1) is 5.41 Å². The molecule has 1 aromatic carbocycles. The molecule has 2 saturated heterocycles. The third kappa shape index (κ3) is 6.73. The third-order valence-corrected chi connectivity index (χ3v) is 6.82. The van der Waals surface area contributed by atoms with E-state index >= 15 is 0 Å². The summed E-state index contributed by atoms with van der Waals surface area (Å²) in [5.41, 5.74) is 1.44. The normalized spacial score (nSPS) is 20.9. The van der Waals surface area contributed by atoms with Crippen LogP contribution in [0.4, 0.5) is 29.5 Å². The summed E-state index contributed by atoms with van der Waals surface area (Å²) in [6.45, 7) is 4.58. The van der Waals surface area contributed by atoms with Gasteiger partial charge in [0.25, 0.3) is 0 Å². The highest BCUT2D eigenvalue weighted by molar-refractivity contribution is 5.90. The average molecular weight is 536 g/mol. The highest BCUT2D eigenvalue weighted by Crippen LogP contribution is 2.45. The Hall–Kier alpha value is -3.83. The van der Waals surface area contributed by atoms with Gasteiger partial charge in [-0.3, -0.25) is 4.79 Å². The summed E-state index contributed by atoms with van der Waals surface area (Å²) in [4.78, 5) is 45.6. The fraction of sp³-hybridized carbons (Fsp3) is 0.462. The lowest BCUT2D eigenvalue weighted by molar-refractivity contribution is -0.192. The molecule has 3 amide bonds. The van der Waals surface area contributed by atoms with E-state index in [-0.39, 0.29) is 17.9 Å². The lowest BCUT2D eigenvalue weighted by Crippen LogP contribution is -2.48. The number of nitrogens with zero attached hydrogens (tertiary/aromatic N) is 4. The predicted molar refractivity (Wildman–Crippen MR) is 136 cm³/mol. The number of carbonyl (C=O) groups excluding carboxylic acids is 2. The van der Waals surface area contributed by atoms with Gasteiger partial charge in [0.1, 0.15) is 5.82 Å². The molecular weight excluding hydrogens is 503 g/mol. The van der Waals surface area contributed by atoms with Gasteiger partial charge < -0.3 is 25.1 Å². The second-order valence-corrected chi connectivity index (χ2v) is 9.77. The quantitative estimate of drug-likeness (QED) is 0.619. The number of aryl methyl sites for hydroxylation is 1. The van der Waals surface area contributed by atoms with E-state index in [2.05, 4.69) is 15.2 Å². The monoisotopic (exact) mass is 535 g/mol. The van der Waals surface area contributed by atoms with Crippen molar-refractivity contribution < 1.29 is 32.7 Å². The van der Waals surface area contributed by atoms with Gasteiger partial charge in [-0.1, -0.05) is 23.8 Å². The summed E-state index contributed by atoms with van der Waals surface area (Å²) in [7, 11) is 3.65. The SMILES string of the molecule is Cc1ccc(NC(=O)N2CCC[C@]3(C(=O)N(C)C)CN(c4ccccn4)C[C@@H]3C2)cc1.O=C(O)C(F)(F)F. The average Bonchev–Trinajstić information content (AvgIpc) is 3.13. The summed E-state index contributed by atoms with van der Waals surface area (Å²) in [5, 5.41) is 10.1. The number of aromatic nitrogens is 1. The number of hydrogen-bond donors (Lipinski definition) is 2. The topological polar surface area (TPSA) is 106 Å². The van der Waals surface area contributed by atoms with E-state index in [1.54, 1.807) is 11.1 Å². The number of rotatable bonds is 3. The first kappa shape index (κ1) is 28.7. The van der Waals surface area contributed by atoms with Crippen LogP contribution in [0.1, 0.15) is 18.4 Å². The molecule has 38 heavy (non-hydrogen) atoms. The first-order valence-corrected chi connectivity index (χ1v) is 12.1. The zero-order valence-corrected chi connectivity index (χ0v) is 21.5. The van der Waals surface area contributed by atoms with Crippen molar-refractivity contribution >= 4 is 29.4 Å². The molecule has 2 aliphatic rings. The van der Waals surface area contributed by atoms with Gasteiger partial charge >= 0.3 is 18.2 Å². The van der Waals surface area contributed by atoms with Crippen LogP contribution in [-0.2, 0) is 9.59 Å². The van der Waals surface area contributed by atoms with Crippen molar-refractivity contribution in [1.82, 2.24) is 14.8 Å². The Labute approximate surface area is 219 Å². The van der Waals surface area contributed by atoms with E-state index in [4.69, 9.17) is 9.90 Å². The number of likely N-dealkylation sites (tertiary alicyclic amines) is 1. The van der Waals surface area contributed by atoms with Gasteiger partial charge in [0.15, 0.2) is 0 Å². The standard InChI is InChI=1S/C24H31N5O2.C2HF3O2/c1-18-8-10-20(11-9-18)26-23(31)28-14-6-12-24(22(30)27(2)3)17-29(16-19(24)15-28)21-7-4-5-13-25-21;3-2(4,5)1(6)7/h4-5,7-11,13,19H,6,12,14-17H2,1-3H3,(H,26,31);(H,6,7)/t19-,24-;/m0./s1. The summed E-state index contributed by atoms with van der Waals surface area (Å²) in [5.74, 6) is -1.67. The molecule has 3 heterocycles. The lowest BCUT2D eigenvalue weighted by atomic mass is 9.74. The molecule has 0 aliphatic carbocycles. The number of urea groups is 1. The first-order valence-electron chi connectivity index (χ1n) is 12.1. The van der Waals surface area contributed by atoms with Crippen LogP contribution in [-0.4, -0.2) is 84.2 Å². The van der Waals surface area contributed by atoms with E-state index in [1.165, 1.54) is 0 Å². The number of hydrogen-bond acceptors (Lipinski definition) is 5. The molecule has 1 aromatic heterocycles. The molecular formula is C26H32F3N5O4. The van der Waals surface area contributed by atoms with Crippen molar-refractivity contribution in [2.75, 3.05) is 50.5 Å². The van der Waals surface area contributed by atoms with Gasteiger partial charge in [-0.2, -0.15) is 13.2 Å². The van der Waals surface area contributed by atoms with Gasteiger partial charge in [0, 0.05) is 58.1 Å². The van der Waals surface area contributed by atoms with Crippen molar-refractivity contribution in [2.45, 2.75) is 25.9 Å². The predicted octanol–water partition coefficient (Wildman–Crippen LogP) is 3.86. The van der Waals surface area contributed by atoms with Crippen molar-refractivity contribution in [1.29, 1.82) is 0 Å². The van der Waals surface area contributed by atoms with Crippen LogP contribution in [0.5, 0.6) is 0 Å². The summed E-state index contributed by atoms with van der Waals surface area (Å²) in [6, 6.07) is 13.6. The number of carboxylic acid groups (broad SMARTS) is 1. The Kier molecular flexibility index (Phi) is 8.85. The highest BCUT2D eigenvalue weighted by Gasteiger charge is 2.54. The number of carboxylic acids is 1. The number of amides is 3. The molecule has 0 unspecified atom stereocenters. The minimum absolute atomic E-state index is 0.0515. The zero-order chi connectivity index (χ0) is 28.1. The van der Waals surface area contributed by atoms with Gasteiger partial charge in [-0.05, 0) is 44.0 Å². The van der Waals surface area contributed by atoms with Crippen LogP contribution >= 0.6 is 0 Å². The summed E-state index contributed by atoms with van der Waals surface area (Å²) < 4.78 is 31.7. The minimum atomic E-state index is -5.08. The second kappa shape index (κ2) is 11.7. The maximum Gasteiger partial charge on any atom is 0.490 e. The number of benzene rings is 1. The molecule has 9 nitrogen and oxygen atoms in total. The highest BCUT2D eigenvalue weighted by atomic mass is 19.4. The Morgan fingerprint density at radius 3 is 2.32 bits per heavy atom. The number of fused-ring (bicyclic) bond motifs is 1. The van der Waals surface area contributed by atoms with E-state index in [1.807, 2.05) is 68.4 Å². The van der Waals surface area contributed by atoms with Gasteiger partial charge in [-0.25, -0.2) is 14.6 Å². The number of anilines is 2. The zero-order valence-electron chi connectivity index (χ0n) is 21.5. The van der Waals surface area contributed by atoms with Crippen LogP contribution in [0.3, 0.4) is 0 Å². The smallest absolute Gasteiger partial charge is 0.475 e. The molecule has 206 valence electrons. The molecule has 4 rings (SSSR count). The van der Waals surface area contributed by atoms with Crippen LogP contribution < -0.4 is 10.2 Å². The molecule has 2 aliphatic heterocycles. The van der Waals surface area contributed by atoms with Crippen molar-refractivity contribution in [3.63, 3.8) is 0 Å². The fourth-order valence-corrected chi connectivity index (χ4v) is 4.97. The number of alkyl halides is 3. The second-order valence-electron chi connectivity index (χ2n) is 9.77. The van der Waals surface area contributed by atoms with E-state index < -0.39 is 17.6 Å². The number of nitrogens with one attached hydrogen (secondary N) is 1. The largest absolute Gasteiger partial charge is 0.490 e. The molecule has 2 atom stereocenters. The van der Waals surface area contributed by atoms with Crippen molar-refractivity contribution in [3.05, 3.63) is 54.2 Å². The minimum Gasteiger partial charge on any atom is -0.475 e. The van der Waals surface area contributed by atoms with Crippen LogP contribution in [0, 0.1) is 18.3 Å². The molecule has 0 radical (unpaired) electrons. The van der Waals surface area contributed by atoms with E-state index in [0.717, 1.165) is 29.9 Å². The third-order valence-electron chi connectivity index (χ3n) is 6.82. The Balaban J connectivity index is 0.000000505. The molecule has 2 aromatic rings. The molecule has 0 spiro atoms. The van der Waals surface area contributed by atoms with Crippen molar-refractivity contribution in [3.8, 4) is 0 Å². The maximum absolute atomic E-state index is 13.4. The molecule has 0 saturated carbocycles. The summed E-state index contributed by atoms with van der Waals surface area (Å²) >= 11 is 0. The lowest BCUT2D eigenvalue weighted by Gasteiger charge is -2.34. The number of aliphatic carboxylic acids is 1. The fourth-order valence-electron chi connectivity index (χ4n) is 4.97. The van der Waals surface area contributed by atoms with Crippen LogP contribution in [0.15, 0.2) is 48.7 Å². The first-order chi connectivity index (χ1) is 17.8. The van der Waals surface area contributed by atoms with Gasteiger partial charge in [-0.15, -0.1) is 0 Å². The Morgan fingerprint density at radius 2 is 1.76 bits per heavy atom. The van der Waals surface area contributed by atoms with E-state index in [9.17, 15) is 22.8 Å². The molecule has 2 N–H and O–H groups in total. The number of carbonyl (C=O) groups is 3. The molecule has 12 heteroatoms. The number of pyridine rings is 1. The van der Waals surface area contributed by atoms with Crippen LogP contribution in [0.25, 0.3) is 0 Å². The molecule has 0 bridgehead atoms. The van der Waals surface area contributed by atoms with Crippen molar-refractivity contribution in [2.24, 2.45) is 11.3 Å². The molecule has 2 fully saturated rings. The van der Waals surface area contributed by atoms with Gasteiger partial charge in [0.2, 0.25) is 5.91 Å². The van der Waals surface area contributed by atoms with Crippen LogP contribution in [0.2, 0.25) is 0 Å². The maximum atomic E-state index is 13.4. The Bertz CT molecular complexity index is 1130. The Morgan fingerprint density at radius 1 is 1.11 bits per heavy atom. The van der Waals surface area contributed by atoms with E-state index in [0.29, 0.717) is 26.2 Å².